The summed E-state index contributed by atoms with van der Waals surface area (Å²) < 4.78 is 14.9. The molecule has 0 aliphatic carbocycles. The van der Waals surface area contributed by atoms with Gasteiger partial charge in [-0.3, -0.25) is 14.8 Å². The smallest absolute Gasteiger partial charge is 0.274 e. The molecule has 0 aliphatic rings. The third-order valence-corrected chi connectivity index (χ3v) is 2.95. The summed E-state index contributed by atoms with van der Waals surface area (Å²) in [7, 11) is 1.80. The van der Waals surface area contributed by atoms with E-state index in [1.165, 1.54) is 12.1 Å². The molecule has 0 atom stereocenters. The van der Waals surface area contributed by atoms with Gasteiger partial charge in [0, 0.05) is 25.9 Å². The fraction of sp³-hybridized carbons (Fsp3) is 0.308. The zero-order valence-corrected chi connectivity index (χ0v) is 11.3. The molecule has 20 heavy (non-hydrogen) atoms. The molecule has 0 radical (unpaired) electrons. The van der Waals surface area contributed by atoms with Crippen LogP contribution in [0.25, 0.3) is 0 Å². The quantitative estimate of drug-likeness (QED) is 0.674. The number of halogens is 1. The van der Waals surface area contributed by atoms with Crippen molar-refractivity contribution in [1.82, 2.24) is 9.78 Å². The normalized spacial score (nSPS) is 10.6. The first-order valence-electron chi connectivity index (χ1n) is 6.20. The van der Waals surface area contributed by atoms with Gasteiger partial charge in [-0.25, -0.2) is 4.39 Å². The Hall–Kier alpha value is -2.44. The van der Waals surface area contributed by atoms with Gasteiger partial charge in [0.2, 0.25) is 0 Å². The molecule has 0 saturated heterocycles. The molecule has 1 heterocycles. The fourth-order valence-electron chi connectivity index (χ4n) is 2.01. The van der Waals surface area contributed by atoms with Gasteiger partial charge in [-0.05, 0) is 18.6 Å². The van der Waals surface area contributed by atoms with Crippen molar-refractivity contribution in [3.8, 4) is 0 Å². The summed E-state index contributed by atoms with van der Waals surface area (Å²) in [5.41, 5.74) is 1.88. The molecule has 1 aromatic carbocycles. The Morgan fingerprint density at radius 3 is 2.90 bits per heavy atom. The van der Waals surface area contributed by atoms with Gasteiger partial charge in [-0.15, -0.1) is 0 Å². The topological polar surface area (TPSA) is 73.0 Å². The molecule has 0 aliphatic heterocycles. The lowest BCUT2D eigenvalue weighted by Gasteiger charge is -2.06. The largest absolute Gasteiger partial charge is 0.378 e. The molecule has 2 aromatic rings. The van der Waals surface area contributed by atoms with Gasteiger partial charge < -0.3 is 5.32 Å². The number of nitrogens with one attached hydrogen (secondary N) is 1. The number of nitro groups is 1. The highest BCUT2D eigenvalue weighted by atomic mass is 19.1. The van der Waals surface area contributed by atoms with Crippen LogP contribution < -0.4 is 5.32 Å². The van der Waals surface area contributed by atoms with Crippen LogP contribution in [0.4, 0.5) is 15.8 Å². The molecule has 0 amide bonds. The summed E-state index contributed by atoms with van der Waals surface area (Å²) in [4.78, 5) is 10.4. The Labute approximate surface area is 115 Å². The second-order valence-corrected chi connectivity index (χ2v) is 4.40. The standard InChI is InChI=1S/C13H15FN4O2/c1-3-11-12(8-17(2)16-11)15-7-9-6-10(14)4-5-13(9)18(19)20/h4-6,8,15H,3,7H2,1-2H3. The van der Waals surface area contributed by atoms with E-state index in [-0.39, 0.29) is 12.2 Å². The number of rotatable bonds is 5. The number of hydrogen-bond acceptors (Lipinski definition) is 4. The molecule has 0 unspecified atom stereocenters. The van der Waals surface area contributed by atoms with E-state index < -0.39 is 10.7 Å². The number of nitro benzene ring substituents is 1. The van der Waals surface area contributed by atoms with Crippen molar-refractivity contribution in [2.75, 3.05) is 5.32 Å². The van der Waals surface area contributed by atoms with E-state index in [9.17, 15) is 14.5 Å². The highest BCUT2D eigenvalue weighted by Crippen LogP contribution is 2.22. The number of aryl methyl sites for hydroxylation is 2. The molecule has 7 heteroatoms. The predicted octanol–water partition coefficient (Wildman–Crippen LogP) is 2.64. The zero-order chi connectivity index (χ0) is 14.7. The average molecular weight is 278 g/mol. The first kappa shape index (κ1) is 14.0. The third kappa shape index (κ3) is 2.93. The van der Waals surface area contributed by atoms with Gasteiger partial charge in [-0.1, -0.05) is 6.92 Å². The van der Waals surface area contributed by atoms with Crippen molar-refractivity contribution >= 4 is 11.4 Å². The monoisotopic (exact) mass is 278 g/mol. The van der Waals surface area contributed by atoms with Gasteiger partial charge in [0.25, 0.3) is 5.69 Å². The van der Waals surface area contributed by atoms with Gasteiger partial charge in [0.15, 0.2) is 0 Å². The van der Waals surface area contributed by atoms with Crippen molar-refractivity contribution in [2.45, 2.75) is 19.9 Å². The highest BCUT2D eigenvalue weighted by molar-refractivity contribution is 5.49. The Morgan fingerprint density at radius 2 is 2.25 bits per heavy atom. The Kier molecular flexibility index (Phi) is 3.97. The predicted molar refractivity (Wildman–Crippen MR) is 73.0 cm³/mol. The maximum absolute atomic E-state index is 13.2. The van der Waals surface area contributed by atoms with E-state index in [4.69, 9.17) is 0 Å². The van der Waals surface area contributed by atoms with Gasteiger partial charge in [-0.2, -0.15) is 5.10 Å². The SMILES string of the molecule is CCc1nn(C)cc1NCc1cc(F)ccc1[N+](=O)[O-]. The number of benzene rings is 1. The Morgan fingerprint density at radius 1 is 1.50 bits per heavy atom. The molecule has 0 fully saturated rings. The number of anilines is 1. The van der Waals surface area contributed by atoms with Gasteiger partial charge >= 0.3 is 0 Å². The van der Waals surface area contributed by atoms with E-state index in [1.54, 1.807) is 17.9 Å². The summed E-state index contributed by atoms with van der Waals surface area (Å²) in [6.07, 6.45) is 2.54. The van der Waals surface area contributed by atoms with Gasteiger partial charge in [0.05, 0.1) is 21.9 Å². The van der Waals surface area contributed by atoms with E-state index in [0.29, 0.717) is 5.56 Å². The highest BCUT2D eigenvalue weighted by Gasteiger charge is 2.15. The van der Waals surface area contributed by atoms with Crippen LogP contribution in [-0.4, -0.2) is 14.7 Å². The van der Waals surface area contributed by atoms with Crippen molar-refractivity contribution in [3.63, 3.8) is 0 Å². The van der Waals surface area contributed by atoms with Crippen molar-refractivity contribution in [2.24, 2.45) is 7.05 Å². The molecular formula is C13H15FN4O2. The summed E-state index contributed by atoms with van der Waals surface area (Å²) in [6, 6.07) is 3.44. The summed E-state index contributed by atoms with van der Waals surface area (Å²) in [5, 5.41) is 18.2. The lowest BCUT2D eigenvalue weighted by atomic mass is 10.1. The van der Waals surface area contributed by atoms with Crippen LogP contribution in [-0.2, 0) is 20.0 Å². The van der Waals surface area contributed by atoms with E-state index in [0.717, 1.165) is 23.9 Å². The molecule has 2 rings (SSSR count). The molecule has 1 aromatic heterocycles. The molecule has 0 spiro atoms. The van der Waals surface area contributed by atoms with Gasteiger partial charge in [0.1, 0.15) is 5.82 Å². The fourth-order valence-corrected chi connectivity index (χ4v) is 2.01. The molecule has 106 valence electrons. The second-order valence-electron chi connectivity index (χ2n) is 4.40. The number of hydrogen-bond donors (Lipinski definition) is 1. The van der Waals surface area contributed by atoms with Crippen LogP contribution >= 0.6 is 0 Å². The lowest BCUT2D eigenvalue weighted by molar-refractivity contribution is -0.385. The minimum Gasteiger partial charge on any atom is -0.378 e. The summed E-state index contributed by atoms with van der Waals surface area (Å²) in [6.45, 7) is 2.14. The number of nitrogens with zero attached hydrogens (tertiary/aromatic N) is 3. The molecular weight excluding hydrogens is 263 g/mol. The minimum atomic E-state index is -0.513. The maximum atomic E-state index is 13.2. The molecule has 6 nitrogen and oxygen atoms in total. The van der Waals surface area contributed by atoms with Crippen LogP contribution in [0, 0.1) is 15.9 Å². The van der Waals surface area contributed by atoms with E-state index >= 15 is 0 Å². The minimum absolute atomic E-state index is 0.0964. The molecule has 0 bridgehead atoms. The Bertz CT molecular complexity index is 639. The van der Waals surface area contributed by atoms with E-state index in [2.05, 4.69) is 10.4 Å². The van der Waals surface area contributed by atoms with Crippen molar-refractivity contribution < 1.29 is 9.31 Å². The van der Waals surface area contributed by atoms with E-state index in [1.807, 2.05) is 6.92 Å². The van der Waals surface area contributed by atoms with Crippen LogP contribution in [0.3, 0.4) is 0 Å². The van der Waals surface area contributed by atoms with Crippen molar-refractivity contribution in [1.29, 1.82) is 0 Å². The summed E-state index contributed by atoms with van der Waals surface area (Å²) in [5.74, 6) is -0.491. The zero-order valence-electron chi connectivity index (χ0n) is 11.3. The third-order valence-electron chi connectivity index (χ3n) is 2.95. The first-order valence-corrected chi connectivity index (χ1v) is 6.20. The van der Waals surface area contributed by atoms with Crippen LogP contribution in [0.1, 0.15) is 18.2 Å². The van der Waals surface area contributed by atoms with Crippen LogP contribution in [0.5, 0.6) is 0 Å². The summed E-state index contributed by atoms with van der Waals surface area (Å²) >= 11 is 0. The maximum Gasteiger partial charge on any atom is 0.274 e. The molecule has 0 saturated carbocycles. The first-order chi connectivity index (χ1) is 9.51. The lowest BCUT2D eigenvalue weighted by Crippen LogP contribution is -2.04. The Balaban J connectivity index is 2.22. The van der Waals surface area contributed by atoms with Crippen LogP contribution in [0.15, 0.2) is 24.4 Å². The van der Waals surface area contributed by atoms with Crippen molar-refractivity contribution in [3.05, 3.63) is 51.6 Å². The second kappa shape index (κ2) is 5.68. The molecule has 1 N–H and O–H groups in total. The average Bonchev–Trinajstić information content (AvgIpc) is 2.76. The van der Waals surface area contributed by atoms with Crippen LogP contribution in [0.2, 0.25) is 0 Å². The number of aromatic nitrogens is 2.